The number of pyridine rings is 1. The van der Waals surface area contributed by atoms with Crippen LogP contribution in [0.2, 0.25) is 5.15 Å². The first kappa shape index (κ1) is 15.3. The van der Waals surface area contributed by atoms with Crippen LogP contribution in [0.15, 0.2) is 21.6 Å². The molecule has 0 saturated carbocycles. The van der Waals surface area contributed by atoms with E-state index in [4.69, 9.17) is 22.4 Å². The number of carbonyl (C=O) groups is 1. The molecule has 1 amide bonds. The molecule has 0 radical (unpaired) electrons. The van der Waals surface area contributed by atoms with Gasteiger partial charge in [0.15, 0.2) is 0 Å². The number of aromatic nitrogens is 1. The Morgan fingerprint density at radius 1 is 1.67 bits per heavy atom. The van der Waals surface area contributed by atoms with E-state index in [2.05, 4.69) is 20.9 Å². The molecule has 0 fully saturated rings. The van der Waals surface area contributed by atoms with Crippen molar-refractivity contribution in [3.05, 3.63) is 21.9 Å². The summed E-state index contributed by atoms with van der Waals surface area (Å²) in [5.74, 6) is -1.03. The predicted octanol–water partition coefficient (Wildman–Crippen LogP) is -0.378. The fourth-order valence-electron chi connectivity index (χ4n) is 0.959. The lowest BCUT2D eigenvalue weighted by Gasteiger charge is -2.10. The molecule has 100 valence electrons. The van der Waals surface area contributed by atoms with Crippen molar-refractivity contribution < 1.29 is 18.3 Å². The standard InChI is InChI=1S/C8H9BrClN3O4S/c9-4-1-6(7(10)12-2-4)18(16,17)13-3-5(14)8(11)15/h1-2,5,13-14H,3H2,(H2,11,15). The molecule has 1 atom stereocenters. The van der Waals surface area contributed by atoms with E-state index in [1.54, 1.807) is 0 Å². The minimum Gasteiger partial charge on any atom is -0.382 e. The van der Waals surface area contributed by atoms with E-state index in [1.165, 1.54) is 12.3 Å². The van der Waals surface area contributed by atoms with Gasteiger partial charge in [-0.05, 0) is 22.0 Å². The van der Waals surface area contributed by atoms with Gasteiger partial charge in [0.1, 0.15) is 16.2 Å². The number of aliphatic hydroxyl groups is 1. The first-order chi connectivity index (χ1) is 8.24. The van der Waals surface area contributed by atoms with Crippen molar-refractivity contribution in [3.63, 3.8) is 0 Å². The second kappa shape index (κ2) is 5.93. The maximum Gasteiger partial charge on any atom is 0.247 e. The number of sulfonamides is 1. The first-order valence-corrected chi connectivity index (χ1v) is 7.17. The second-order valence-corrected chi connectivity index (χ2v) is 6.22. The Morgan fingerprint density at radius 2 is 2.28 bits per heavy atom. The van der Waals surface area contributed by atoms with E-state index in [0.717, 1.165) is 0 Å². The normalized spacial score (nSPS) is 13.3. The van der Waals surface area contributed by atoms with Crippen LogP contribution in [0.1, 0.15) is 0 Å². The van der Waals surface area contributed by atoms with Crippen LogP contribution < -0.4 is 10.5 Å². The van der Waals surface area contributed by atoms with Crippen molar-refractivity contribution in [3.8, 4) is 0 Å². The van der Waals surface area contributed by atoms with Crippen LogP contribution in [0.4, 0.5) is 0 Å². The van der Waals surface area contributed by atoms with Gasteiger partial charge in [0.2, 0.25) is 15.9 Å². The summed E-state index contributed by atoms with van der Waals surface area (Å²) >= 11 is 8.71. The highest BCUT2D eigenvalue weighted by molar-refractivity contribution is 9.10. The van der Waals surface area contributed by atoms with Gasteiger partial charge in [0, 0.05) is 17.2 Å². The monoisotopic (exact) mass is 357 g/mol. The van der Waals surface area contributed by atoms with E-state index in [9.17, 15) is 13.2 Å². The number of hydrogen-bond donors (Lipinski definition) is 3. The number of amides is 1. The molecular weight excluding hydrogens is 350 g/mol. The van der Waals surface area contributed by atoms with Gasteiger partial charge in [0.25, 0.3) is 0 Å². The zero-order valence-electron chi connectivity index (χ0n) is 8.80. The maximum absolute atomic E-state index is 11.8. The molecule has 1 unspecified atom stereocenters. The third-order valence-corrected chi connectivity index (χ3v) is 4.14. The van der Waals surface area contributed by atoms with Crippen LogP contribution in [-0.4, -0.2) is 37.1 Å². The minimum atomic E-state index is -3.98. The summed E-state index contributed by atoms with van der Waals surface area (Å²) in [6, 6.07) is 1.24. The number of aliphatic hydroxyl groups excluding tert-OH is 1. The molecule has 0 aromatic carbocycles. The highest BCUT2D eigenvalue weighted by atomic mass is 79.9. The fraction of sp³-hybridized carbons (Fsp3) is 0.250. The minimum absolute atomic E-state index is 0.223. The summed E-state index contributed by atoms with van der Waals surface area (Å²) in [7, 11) is -3.98. The number of halogens is 2. The topological polar surface area (TPSA) is 122 Å². The zero-order valence-corrected chi connectivity index (χ0v) is 12.0. The molecule has 0 aliphatic carbocycles. The first-order valence-electron chi connectivity index (χ1n) is 4.52. The van der Waals surface area contributed by atoms with E-state index in [1.807, 2.05) is 4.72 Å². The van der Waals surface area contributed by atoms with Gasteiger partial charge in [-0.15, -0.1) is 0 Å². The van der Waals surface area contributed by atoms with Gasteiger partial charge in [-0.1, -0.05) is 11.6 Å². The number of rotatable bonds is 5. The molecule has 1 rings (SSSR count). The number of nitrogens with zero attached hydrogens (tertiary/aromatic N) is 1. The fourth-order valence-corrected chi connectivity index (χ4v) is 2.94. The lowest BCUT2D eigenvalue weighted by molar-refractivity contribution is -0.125. The van der Waals surface area contributed by atoms with E-state index in [0.29, 0.717) is 4.47 Å². The Bertz CT molecular complexity index is 565. The van der Waals surface area contributed by atoms with Crippen LogP contribution >= 0.6 is 27.5 Å². The van der Waals surface area contributed by atoms with Crippen LogP contribution in [0.25, 0.3) is 0 Å². The van der Waals surface area contributed by atoms with Crippen molar-refractivity contribution >= 4 is 43.5 Å². The summed E-state index contributed by atoms with van der Waals surface area (Å²) < 4.78 is 26.0. The maximum atomic E-state index is 11.8. The van der Waals surface area contributed by atoms with Crippen molar-refractivity contribution in [2.45, 2.75) is 11.0 Å². The van der Waals surface area contributed by atoms with Gasteiger partial charge >= 0.3 is 0 Å². The largest absolute Gasteiger partial charge is 0.382 e. The Labute approximate surface area is 117 Å². The number of nitrogens with one attached hydrogen (secondary N) is 1. The molecule has 7 nitrogen and oxygen atoms in total. The van der Waals surface area contributed by atoms with E-state index in [-0.39, 0.29) is 10.0 Å². The number of carbonyl (C=O) groups excluding carboxylic acids is 1. The lowest BCUT2D eigenvalue weighted by Crippen LogP contribution is -2.40. The lowest BCUT2D eigenvalue weighted by atomic mass is 10.3. The molecule has 0 aliphatic heterocycles. The quantitative estimate of drug-likeness (QED) is 0.619. The molecule has 0 aliphatic rings. The van der Waals surface area contributed by atoms with Gasteiger partial charge in [-0.3, -0.25) is 4.79 Å². The molecule has 10 heteroatoms. The Balaban J connectivity index is 2.93. The average molecular weight is 359 g/mol. The predicted molar refractivity (Wildman–Crippen MR) is 67.3 cm³/mol. The average Bonchev–Trinajstić information content (AvgIpc) is 2.29. The number of primary amides is 1. The highest BCUT2D eigenvalue weighted by Crippen LogP contribution is 2.22. The molecule has 1 aromatic heterocycles. The van der Waals surface area contributed by atoms with Crippen LogP contribution in [-0.2, 0) is 14.8 Å². The number of nitrogens with two attached hydrogens (primary N) is 1. The van der Waals surface area contributed by atoms with Crippen LogP contribution in [0.5, 0.6) is 0 Å². The van der Waals surface area contributed by atoms with Crippen molar-refractivity contribution in [1.29, 1.82) is 0 Å². The molecule has 0 bridgehead atoms. The number of hydrogen-bond acceptors (Lipinski definition) is 5. The molecule has 1 heterocycles. The molecule has 18 heavy (non-hydrogen) atoms. The molecular formula is C8H9BrClN3O4S. The van der Waals surface area contributed by atoms with Crippen LogP contribution in [0, 0.1) is 0 Å². The summed E-state index contributed by atoms with van der Waals surface area (Å²) in [4.78, 5) is 13.9. The summed E-state index contributed by atoms with van der Waals surface area (Å²) in [5.41, 5.74) is 4.79. The second-order valence-electron chi connectivity index (χ2n) is 3.21. The van der Waals surface area contributed by atoms with Gasteiger partial charge in [-0.2, -0.15) is 0 Å². The smallest absolute Gasteiger partial charge is 0.247 e. The van der Waals surface area contributed by atoms with Crippen LogP contribution in [0.3, 0.4) is 0 Å². The molecule has 1 aromatic rings. The third-order valence-electron chi connectivity index (χ3n) is 1.86. The van der Waals surface area contributed by atoms with Crippen molar-refractivity contribution in [2.24, 2.45) is 5.73 Å². The Morgan fingerprint density at radius 3 is 2.83 bits per heavy atom. The van der Waals surface area contributed by atoms with Gasteiger partial charge in [0.05, 0.1) is 0 Å². The SMILES string of the molecule is NC(=O)C(O)CNS(=O)(=O)c1cc(Br)cnc1Cl. The highest BCUT2D eigenvalue weighted by Gasteiger charge is 2.21. The summed E-state index contributed by atoms with van der Waals surface area (Å²) in [6.45, 7) is -0.541. The van der Waals surface area contributed by atoms with Gasteiger partial charge < -0.3 is 10.8 Å². The Hall–Kier alpha value is -0.740. The molecule has 4 N–H and O–H groups in total. The van der Waals surface area contributed by atoms with E-state index >= 15 is 0 Å². The van der Waals surface area contributed by atoms with Crippen molar-refractivity contribution in [1.82, 2.24) is 9.71 Å². The zero-order chi connectivity index (χ0) is 13.9. The summed E-state index contributed by atoms with van der Waals surface area (Å²) in [5, 5.41) is 8.88. The van der Waals surface area contributed by atoms with Crippen molar-refractivity contribution in [2.75, 3.05) is 6.54 Å². The third kappa shape index (κ3) is 3.89. The van der Waals surface area contributed by atoms with E-state index < -0.39 is 28.6 Å². The molecule has 0 spiro atoms. The molecule has 0 saturated heterocycles. The van der Waals surface area contributed by atoms with Gasteiger partial charge in [-0.25, -0.2) is 18.1 Å². The Kier molecular flexibility index (Phi) is 5.05. The summed E-state index contributed by atoms with van der Waals surface area (Å²) in [6.07, 6.45) is -0.279.